The Morgan fingerprint density at radius 1 is 0.655 bits per heavy atom. The Labute approximate surface area is 501 Å². The van der Waals surface area contributed by atoms with Crippen LogP contribution < -0.4 is 33.9 Å². The van der Waals surface area contributed by atoms with Crippen molar-refractivity contribution >= 4 is 18.6 Å². The number of methoxy groups -OCH3 is 1. The minimum absolute atomic E-state index is 0. The topological polar surface area (TPSA) is 236 Å². The molecule has 0 saturated carbocycles. The first kappa shape index (κ1) is 64.7. The fourth-order valence-corrected chi connectivity index (χ4v) is 9.19. The number of aromatic nitrogens is 12. The van der Waals surface area contributed by atoms with Crippen LogP contribution in [0.5, 0.6) is 29.0 Å². The number of aldehydes is 2. The molecule has 0 unspecified atom stereocenters. The third-order valence-corrected chi connectivity index (χ3v) is 13.4. The number of nitrogens with one attached hydrogen (secondary N) is 2. The zero-order valence-electron chi connectivity index (χ0n) is 48.3. The number of aromatic amines is 2. The maximum Gasteiger partial charge on any atom is 0.451 e. The molecule has 10 rings (SSSR count). The number of hydrogen-bond acceptors (Lipinski definition) is 16. The standard InChI is InChI=1S/C25H31N5O3.C19H17F3N4O2.C18H18N4O3.CH4/c1-19(2)30-22(8-10-28-30)25-20(7-6-9-26-25)18-33-23-16-27-24(15-21(23)17-31)32-14-13-29-11-4-3-5-12-29;1-3-13-9-17(27-2)24-10-16(13)28-11-14-5-4-7-23-18(14)15-6-8-26(25-15)12-19(20,21)22;1-12(2)22-15(5-7-21-22)18-13(4-3-6-19-18)11-25-16-9-20-17(24)8-14(16)10-23;/h6-10,15-17,19H,3-5,11-14,18H2,1-2H3;3-10H,1,11-12H2,2H3;3-10,12H,11H2,1-2H3,(H,20,24);1H4/p+1. The molecule has 0 atom stereocenters. The van der Waals surface area contributed by atoms with Gasteiger partial charge in [-0.25, -0.2) is 9.97 Å². The second-order valence-electron chi connectivity index (χ2n) is 20.1. The number of rotatable bonds is 23. The Balaban J connectivity index is 0.000000187. The van der Waals surface area contributed by atoms with Crippen LogP contribution in [0.1, 0.15) is 109 Å². The van der Waals surface area contributed by atoms with E-state index in [1.807, 2.05) is 59.6 Å². The first-order chi connectivity index (χ1) is 41.6. The summed E-state index contributed by atoms with van der Waals surface area (Å²) >= 11 is 0. The van der Waals surface area contributed by atoms with Gasteiger partial charge in [-0.2, -0.15) is 28.5 Å². The number of ether oxygens (including phenoxy) is 5. The van der Waals surface area contributed by atoms with Crippen molar-refractivity contribution in [3.63, 3.8) is 0 Å². The lowest BCUT2D eigenvalue weighted by Gasteiger charge is -2.26. The van der Waals surface area contributed by atoms with Crippen LogP contribution in [0.2, 0.25) is 0 Å². The number of H-pyrrole nitrogens is 2. The second kappa shape index (κ2) is 31.3. The molecule has 0 amide bonds. The summed E-state index contributed by atoms with van der Waals surface area (Å²) < 4.78 is 70.9. The summed E-state index contributed by atoms with van der Waals surface area (Å²) in [5.74, 6) is 2.11. The maximum absolute atomic E-state index is 12.6. The molecule has 1 aliphatic heterocycles. The molecule has 9 aromatic heterocycles. The van der Waals surface area contributed by atoms with E-state index in [0.29, 0.717) is 70.0 Å². The Morgan fingerprint density at radius 3 is 1.71 bits per heavy atom. The van der Waals surface area contributed by atoms with Gasteiger partial charge in [0.25, 0.3) is 6.54 Å². The third kappa shape index (κ3) is 17.9. The van der Waals surface area contributed by atoms with Gasteiger partial charge < -0.3 is 28.7 Å². The highest BCUT2D eigenvalue weighted by Crippen LogP contribution is 2.30. The third-order valence-electron chi connectivity index (χ3n) is 13.4. The number of halogens is 3. The normalized spacial score (nSPS) is 12.2. The van der Waals surface area contributed by atoms with Gasteiger partial charge in [0.15, 0.2) is 18.8 Å². The van der Waals surface area contributed by atoms with Crippen LogP contribution in [0.4, 0.5) is 13.2 Å². The Kier molecular flexibility index (Phi) is 23.3. The van der Waals surface area contributed by atoms with Gasteiger partial charge in [-0.05, 0) is 84.0 Å². The zero-order chi connectivity index (χ0) is 61.0. The number of likely N-dealkylation sites (tertiary alicyclic amines) is 1. The number of alkyl halides is 3. The molecular formula is C63H71F3N13O8+. The Bertz CT molecular complexity index is 3740. The van der Waals surface area contributed by atoms with E-state index < -0.39 is 12.7 Å². The number of pyridine rings is 6. The smallest absolute Gasteiger partial charge is 0.451 e. The summed E-state index contributed by atoms with van der Waals surface area (Å²) in [5, 5.41) is 11.4. The summed E-state index contributed by atoms with van der Waals surface area (Å²) in [5.41, 5.74) is 7.80. The molecule has 0 bridgehead atoms. The van der Waals surface area contributed by atoms with Gasteiger partial charge in [0.1, 0.15) is 49.4 Å². The Hall–Kier alpha value is -9.84. The Morgan fingerprint density at radius 2 is 1.17 bits per heavy atom. The summed E-state index contributed by atoms with van der Waals surface area (Å²) in [6, 6.07) is 21.4. The molecule has 0 spiro atoms. The minimum Gasteiger partial charge on any atom is -0.487 e. The average molecular weight is 1200 g/mol. The van der Waals surface area contributed by atoms with Crippen molar-refractivity contribution in [1.82, 2.24) is 59.5 Å². The van der Waals surface area contributed by atoms with E-state index in [9.17, 15) is 27.6 Å². The molecule has 0 aliphatic carbocycles. The van der Waals surface area contributed by atoms with Gasteiger partial charge >= 0.3 is 6.18 Å². The van der Waals surface area contributed by atoms with Crippen LogP contribution in [0.3, 0.4) is 0 Å². The van der Waals surface area contributed by atoms with Gasteiger partial charge in [-0.3, -0.25) is 43.6 Å². The van der Waals surface area contributed by atoms with Crippen molar-refractivity contribution in [3.05, 3.63) is 179 Å². The summed E-state index contributed by atoms with van der Waals surface area (Å²) in [7, 11) is 1.51. The summed E-state index contributed by atoms with van der Waals surface area (Å²) in [4.78, 5) is 60.7. The first-order valence-corrected chi connectivity index (χ1v) is 27.7. The fourth-order valence-electron chi connectivity index (χ4n) is 9.19. The summed E-state index contributed by atoms with van der Waals surface area (Å²) in [6.07, 6.45) is 16.8. The zero-order valence-corrected chi connectivity index (χ0v) is 48.3. The lowest BCUT2D eigenvalue weighted by molar-refractivity contribution is -0.768. The summed E-state index contributed by atoms with van der Waals surface area (Å²) in [6.45, 7) is 15.2. The molecule has 456 valence electrons. The largest absolute Gasteiger partial charge is 0.487 e. The van der Waals surface area contributed by atoms with Gasteiger partial charge in [0, 0.05) is 102 Å². The van der Waals surface area contributed by atoms with Crippen LogP contribution in [0.15, 0.2) is 140 Å². The molecular weight excluding hydrogens is 1120 g/mol. The SMILES string of the molecule is C.C=Cc1cc(OC)ncc1OCc1cccnc1-c1cc[n+](CC(F)(F)F)[nH]1.CC(C)n1nccc1-c1ncccc1COc1c[nH]c(=O)cc1C=O.CC(C)n1nccc1-c1ncccc1COc1cnc(OCCN2CCCCC2)cc1C=O. The van der Waals surface area contributed by atoms with Crippen LogP contribution in [-0.4, -0.2) is 112 Å². The van der Waals surface area contributed by atoms with E-state index in [-0.39, 0.29) is 50.5 Å². The van der Waals surface area contributed by atoms with E-state index in [1.165, 1.54) is 51.0 Å². The van der Waals surface area contributed by atoms with Crippen molar-refractivity contribution in [1.29, 1.82) is 0 Å². The van der Waals surface area contributed by atoms with Crippen molar-refractivity contribution in [2.75, 3.05) is 33.4 Å². The maximum atomic E-state index is 12.6. The molecule has 21 nitrogen and oxygen atoms in total. The predicted octanol–water partition coefficient (Wildman–Crippen LogP) is 11.0. The van der Waals surface area contributed by atoms with Gasteiger partial charge in [0.05, 0.1) is 59.1 Å². The fraction of sp³-hybridized carbons (Fsp3) is 0.317. The van der Waals surface area contributed by atoms with E-state index >= 15 is 0 Å². The van der Waals surface area contributed by atoms with Crippen molar-refractivity contribution in [3.8, 4) is 63.2 Å². The quantitative estimate of drug-likeness (QED) is 0.0447. The van der Waals surface area contributed by atoms with Crippen molar-refractivity contribution in [2.24, 2.45) is 0 Å². The van der Waals surface area contributed by atoms with Crippen LogP contribution in [0, 0.1) is 0 Å². The number of carbonyl (C=O) groups is 2. The van der Waals surface area contributed by atoms with Crippen molar-refractivity contribution in [2.45, 2.75) is 99.0 Å². The molecule has 87 heavy (non-hydrogen) atoms. The highest BCUT2D eigenvalue weighted by atomic mass is 19.4. The lowest BCUT2D eigenvalue weighted by atomic mass is 10.1. The molecule has 24 heteroatoms. The molecule has 0 aromatic carbocycles. The number of nitrogens with zero attached hydrogens (tertiary/aromatic N) is 11. The van der Waals surface area contributed by atoms with Crippen LogP contribution in [0.25, 0.3) is 40.2 Å². The van der Waals surface area contributed by atoms with E-state index in [4.69, 9.17) is 23.7 Å². The molecule has 1 aliphatic rings. The van der Waals surface area contributed by atoms with Crippen molar-refractivity contribution < 1.29 is 51.1 Å². The lowest BCUT2D eigenvalue weighted by Crippen LogP contribution is -2.42. The first-order valence-electron chi connectivity index (χ1n) is 27.7. The minimum atomic E-state index is -4.31. The second-order valence-corrected chi connectivity index (χ2v) is 20.1. The molecule has 10 heterocycles. The highest BCUT2D eigenvalue weighted by molar-refractivity contribution is 5.80. The number of carbonyl (C=O) groups excluding carboxylic acids is 2. The molecule has 0 radical (unpaired) electrons. The van der Waals surface area contributed by atoms with E-state index in [0.717, 1.165) is 64.5 Å². The van der Waals surface area contributed by atoms with Crippen LogP contribution in [-0.2, 0) is 26.4 Å². The molecule has 1 saturated heterocycles. The van der Waals surface area contributed by atoms with E-state index in [1.54, 1.807) is 73.6 Å². The number of piperidine rings is 1. The molecule has 1 fully saturated rings. The van der Waals surface area contributed by atoms with Gasteiger partial charge in [-0.1, -0.05) is 44.7 Å². The highest BCUT2D eigenvalue weighted by Gasteiger charge is 2.34. The predicted molar refractivity (Wildman–Crippen MR) is 320 cm³/mol. The van der Waals surface area contributed by atoms with Gasteiger partial charge in [0.2, 0.25) is 17.3 Å². The van der Waals surface area contributed by atoms with Crippen LogP contribution >= 0.6 is 0 Å². The monoisotopic (exact) mass is 1190 g/mol. The van der Waals surface area contributed by atoms with Gasteiger partial charge in [-0.15, -0.1) is 4.68 Å². The number of hydrogen-bond donors (Lipinski definition) is 2. The average Bonchev–Trinajstić information content (AvgIpc) is 4.03. The van der Waals surface area contributed by atoms with E-state index in [2.05, 4.69) is 70.5 Å². The molecule has 2 N–H and O–H groups in total. The molecule has 9 aromatic rings.